The number of hydrogen-bond donors (Lipinski definition) is 5. The molecular formula is C27H45N3O7. The van der Waals surface area contributed by atoms with Crippen molar-refractivity contribution in [2.24, 2.45) is 5.41 Å². The zero-order valence-corrected chi connectivity index (χ0v) is 23.4. The van der Waals surface area contributed by atoms with Crippen LogP contribution in [0.25, 0.3) is 0 Å². The first-order valence-corrected chi connectivity index (χ1v) is 12.5. The Balaban J connectivity index is 0. The van der Waals surface area contributed by atoms with Crippen LogP contribution in [0.3, 0.4) is 0 Å². The van der Waals surface area contributed by atoms with E-state index in [0.29, 0.717) is 12.8 Å². The predicted molar refractivity (Wildman–Crippen MR) is 143 cm³/mol. The number of carboxylic acid groups (broad SMARTS) is 1. The molecule has 1 unspecified atom stereocenters. The van der Waals surface area contributed by atoms with E-state index in [-0.39, 0.29) is 18.9 Å². The van der Waals surface area contributed by atoms with E-state index in [4.69, 9.17) is 14.9 Å². The van der Waals surface area contributed by atoms with E-state index in [1.807, 2.05) is 51.1 Å². The quantitative estimate of drug-likeness (QED) is 0.293. The lowest BCUT2D eigenvalue weighted by atomic mass is 9.86. The maximum atomic E-state index is 13.0. The highest BCUT2D eigenvalue weighted by Crippen LogP contribution is 2.20. The van der Waals surface area contributed by atoms with E-state index in [0.717, 1.165) is 11.6 Å². The number of aliphatic carboxylic acids is 1. The third kappa shape index (κ3) is 16.8. The summed E-state index contributed by atoms with van der Waals surface area (Å²) in [5, 5.41) is 24.1. The molecule has 2 atom stereocenters. The van der Waals surface area contributed by atoms with Gasteiger partial charge < -0.3 is 30.9 Å². The van der Waals surface area contributed by atoms with Crippen LogP contribution in [0.2, 0.25) is 0 Å². The van der Waals surface area contributed by atoms with Crippen molar-refractivity contribution < 1.29 is 34.1 Å². The summed E-state index contributed by atoms with van der Waals surface area (Å²) in [7, 11) is 0. The fourth-order valence-corrected chi connectivity index (χ4v) is 2.87. The number of hydrogen-bond acceptors (Lipinski definition) is 6. The summed E-state index contributed by atoms with van der Waals surface area (Å²) in [5.41, 5.74) is 0.291. The fraction of sp³-hybridized carbons (Fsp3) is 0.556. The second-order valence-corrected chi connectivity index (χ2v) is 8.83. The summed E-state index contributed by atoms with van der Waals surface area (Å²) in [4.78, 5) is 48.6. The fourth-order valence-electron chi connectivity index (χ4n) is 2.87. The van der Waals surface area contributed by atoms with Gasteiger partial charge in [0.25, 0.3) is 0 Å². The van der Waals surface area contributed by atoms with Gasteiger partial charge in [0.2, 0.25) is 11.8 Å². The molecule has 0 radical (unpaired) electrons. The second kappa shape index (κ2) is 19.7. The number of benzene rings is 1. The van der Waals surface area contributed by atoms with Gasteiger partial charge in [0.1, 0.15) is 18.7 Å². The van der Waals surface area contributed by atoms with Crippen LogP contribution in [-0.2, 0) is 25.7 Å². The number of aliphatic hydroxyl groups excluding tert-OH is 1. The van der Waals surface area contributed by atoms with Crippen LogP contribution >= 0.6 is 0 Å². The molecule has 0 aromatic heterocycles. The third-order valence-electron chi connectivity index (χ3n) is 4.47. The zero-order valence-electron chi connectivity index (χ0n) is 23.4. The minimum absolute atomic E-state index is 0.0568. The minimum atomic E-state index is -1.19. The molecule has 1 aromatic carbocycles. The van der Waals surface area contributed by atoms with E-state index >= 15 is 0 Å². The van der Waals surface area contributed by atoms with Gasteiger partial charge in [-0.05, 0) is 31.2 Å². The van der Waals surface area contributed by atoms with Gasteiger partial charge in [-0.25, -0.2) is 9.59 Å². The van der Waals surface area contributed by atoms with E-state index in [2.05, 4.69) is 16.0 Å². The molecule has 3 amide bonds. The first kappa shape index (κ1) is 35.8. The van der Waals surface area contributed by atoms with Crippen molar-refractivity contribution >= 4 is 23.9 Å². The summed E-state index contributed by atoms with van der Waals surface area (Å²) >= 11 is 0. The first-order chi connectivity index (χ1) is 17.3. The van der Waals surface area contributed by atoms with Crippen molar-refractivity contribution in [3.63, 3.8) is 0 Å². The molecule has 1 aromatic rings. The number of carboxylic acids is 1. The smallest absolute Gasteiger partial charge is 0.408 e. The topological polar surface area (TPSA) is 154 Å². The Morgan fingerprint density at radius 2 is 1.54 bits per heavy atom. The Morgan fingerprint density at radius 1 is 1.00 bits per heavy atom. The molecular weight excluding hydrogens is 478 g/mol. The van der Waals surface area contributed by atoms with Gasteiger partial charge in [0.15, 0.2) is 0 Å². The highest BCUT2D eigenvalue weighted by atomic mass is 16.5. The molecule has 0 aliphatic carbocycles. The molecule has 0 spiro atoms. The minimum Gasteiger partial charge on any atom is -0.478 e. The zero-order chi connectivity index (χ0) is 29.0. The van der Waals surface area contributed by atoms with Gasteiger partial charge in [-0.15, -0.1) is 0 Å². The lowest BCUT2D eigenvalue weighted by molar-refractivity contribution is -0.132. The van der Waals surface area contributed by atoms with Gasteiger partial charge in [0.05, 0.1) is 0 Å². The molecule has 0 heterocycles. The average Bonchev–Trinajstić information content (AvgIpc) is 2.82. The number of alkyl carbamates (subject to hydrolysis) is 1. The molecule has 0 bridgehead atoms. The molecule has 37 heavy (non-hydrogen) atoms. The van der Waals surface area contributed by atoms with Crippen molar-refractivity contribution in [1.29, 1.82) is 0 Å². The Morgan fingerprint density at radius 3 is 2.00 bits per heavy atom. The monoisotopic (exact) mass is 523 g/mol. The molecule has 210 valence electrons. The van der Waals surface area contributed by atoms with E-state index in [1.54, 1.807) is 27.7 Å². The maximum Gasteiger partial charge on any atom is 0.408 e. The van der Waals surface area contributed by atoms with Crippen molar-refractivity contribution in [3.8, 4) is 0 Å². The van der Waals surface area contributed by atoms with Crippen LogP contribution in [0.4, 0.5) is 4.79 Å². The molecule has 10 heteroatoms. The van der Waals surface area contributed by atoms with Crippen LogP contribution in [0.5, 0.6) is 0 Å². The van der Waals surface area contributed by atoms with Crippen LogP contribution in [-0.4, -0.2) is 52.8 Å². The van der Waals surface area contributed by atoms with Crippen molar-refractivity contribution in [1.82, 2.24) is 16.0 Å². The van der Waals surface area contributed by atoms with Gasteiger partial charge in [-0.3, -0.25) is 9.59 Å². The lowest BCUT2D eigenvalue weighted by Crippen LogP contribution is -2.57. The summed E-state index contributed by atoms with van der Waals surface area (Å²) < 4.78 is 5.22. The number of carbonyl (C=O) groups excluding carboxylic acids is 3. The summed E-state index contributed by atoms with van der Waals surface area (Å²) in [5.74, 6) is -2.26. The Hall–Kier alpha value is -3.40. The van der Waals surface area contributed by atoms with E-state index in [9.17, 15) is 19.2 Å². The lowest BCUT2D eigenvalue weighted by Gasteiger charge is -2.31. The largest absolute Gasteiger partial charge is 0.478 e. The van der Waals surface area contributed by atoms with Crippen LogP contribution < -0.4 is 16.0 Å². The second-order valence-electron chi connectivity index (χ2n) is 8.83. The highest BCUT2D eigenvalue weighted by molar-refractivity contribution is 5.92. The van der Waals surface area contributed by atoms with Gasteiger partial charge >= 0.3 is 12.1 Å². The number of aliphatic hydroxyl groups is 1. The number of ether oxygens (including phenoxy) is 1. The van der Waals surface area contributed by atoms with Crippen LogP contribution in [0.1, 0.15) is 73.8 Å². The molecule has 10 nitrogen and oxygen atoms in total. The van der Waals surface area contributed by atoms with Gasteiger partial charge in [-0.2, -0.15) is 0 Å². The van der Waals surface area contributed by atoms with Crippen molar-refractivity contribution in [3.05, 3.63) is 47.7 Å². The number of carbonyl (C=O) groups is 4. The summed E-state index contributed by atoms with van der Waals surface area (Å²) in [6.45, 7) is 14.6. The average molecular weight is 524 g/mol. The Kier molecular flexibility index (Phi) is 19.1. The highest BCUT2D eigenvalue weighted by Gasteiger charge is 2.35. The summed E-state index contributed by atoms with van der Waals surface area (Å²) in [6, 6.07) is 7.28. The molecule has 0 saturated carbocycles. The van der Waals surface area contributed by atoms with E-state index in [1.165, 1.54) is 6.92 Å². The van der Waals surface area contributed by atoms with Crippen molar-refractivity contribution in [2.45, 2.75) is 86.9 Å². The predicted octanol–water partition coefficient (Wildman–Crippen LogP) is 3.74. The molecule has 5 N–H and O–H groups in total. The van der Waals surface area contributed by atoms with Crippen LogP contribution in [0.15, 0.2) is 42.1 Å². The van der Waals surface area contributed by atoms with Gasteiger partial charge in [0, 0.05) is 18.4 Å². The van der Waals surface area contributed by atoms with Gasteiger partial charge in [-0.1, -0.05) is 78.3 Å². The molecule has 1 rings (SSSR count). The van der Waals surface area contributed by atoms with Crippen molar-refractivity contribution in [2.75, 3.05) is 6.61 Å². The number of amides is 3. The molecule has 0 fully saturated rings. The molecule has 0 aliphatic heterocycles. The number of rotatable bonds is 10. The standard InChI is InChI=1S/C23H33N3O6.C2H6O.C2H6/c1-6-10-17(20(29)24-15(2)13-18(27)28)25-21(30)19(23(3,4)5)26-22(31)32-14-16-11-8-7-9-12-16;1-2-3;1-2/h7-9,11-13,17,19H,6,10,14H2,1-5H3,(H,24,29)(H,25,30)(H,26,31)(H,27,28);3H,2H2,1H3;1-2H3/b15-13+;;/t17-,19?;;/m0../s1. The Bertz CT molecular complexity index is 849. The van der Waals surface area contributed by atoms with Crippen LogP contribution in [0, 0.1) is 5.41 Å². The SMILES string of the molecule is CC.CCC[C@H](NC(=O)C(NC(=O)OCc1ccccc1)C(C)(C)C)C(=O)N/C(C)=C/C(=O)O.CCO. The normalized spacial score (nSPS) is 12.3. The van der Waals surface area contributed by atoms with E-state index < -0.39 is 41.4 Å². The first-order valence-electron chi connectivity index (χ1n) is 12.5. The molecule has 0 aliphatic rings. The number of nitrogens with one attached hydrogen (secondary N) is 3. The maximum absolute atomic E-state index is 13.0. The Labute approximate surface area is 220 Å². The molecule has 0 saturated heterocycles. The third-order valence-corrected chi connectivity index (χ3v) is 4.47. The number of allylic oxidation sites excluding steroid dienone is 1. The summed E-state index contributed by atoms with van der Waals surface area (Å²) in [6.07, 6.45) is 1.06.